The average Bonchev–Trinajstić information content (AvgIpc) is 4.02. The summed E-state index contributed by atoms with van der Waals surface area (Å²) in [5, 5.41) is 13.7. The number of fused-ring (bicyclic) bond motifs is 10. The average molecular weight is 1030 g/mol. The molecule has 19 heteroatoms. The summed E-state index contributed by atoms with van der Waals surface area (Å²) >= 11 is 0. The van der Waals surface area contributed by atoms with Crippen LogP contribution in [0.5, 0.6) is 46.0 Å². The van der Waals surface area contributed by atoms with Crippen LogP contribution in [0.25, 0.3) is 44.1 Å². The van der Waals surface area contributed by atoms with Gasteiger partial charge < -0.3 is 62.5 Å². The normalized spacial score (nSPS) is 13.3. The van der Waals surface area contributed by atoms with Crippen LogP contribution in [0.15, 0.2) is 144 Å². The molecule has 0 radical (unpaired) electrons. The van der Waals surface area contributed by atoms with Gasteiger partial charge in [0.1, 0.15) is 4.90 Å². The molecular weight excluding hydrogens is 991 g/mol. The van der Waals surface area contributed by atoms with E-state index in [1.807, 2.05) is 42.7 Å². The third kappa shape index (κ3) is 9.55. The number of aryl methyl sites for hydroxylation is 4. The van der Waals surface area contributed by atoms with E-state index in [1.165, 1.54) is 42.5 Å². The topological polar surface area (TPSA) is 161 Å². The van der Waals surface area contributed by atoms with Gasteiger partial charge in [-0.05, 0) is 94.7 Å². The van der Waals surface area contributed by atoms with Crippen LogP contribution in [0.2, 0.25) is 0 Å². The van der Waals surface area contributed by atoms with Gasteiger partial charge in [-0.15, -0.1) is 0 Å². The standard InChI is InChI=1S/C25H20NO6S.C19H15NO4.C6H5ClO2S.2ClH/c1-29-22-8-7-16-11-21-19-13-24-23(30-15-31-24)12-17(19)9-10-26(21)14-20(16)25(22)32-33(27,28)18-5-3-2-4-6-18;1-22-16-3-2-11-6-15-13-8-18-17(23-10-24-18)7-12(13)4-5-20(15)9-14(11)19(16)21;7-10(8,9)6-4-2-1-3-5-6;;/h2-8,11-14H,9-10,15H2,1H3;2-3,6-9H,4-5,10H2,1H3;1-5H;2*1H/q+1;;;;/p-1. The van der Waals surface area contributed by atoms with Gasteiger partial charge in [0.15, 0.2) is 71.5 Å². The molecule has 2 aromatic heterocycles. The second kappa shape index (κ2) is 19.7. The minimum absolute atomic E-state index is 0. The van der Waals surface area contributed by atoms with Crippen LogP contribution in [0, 0.1) is 0 Å². The predicted octanol–water partition coefficient (Wildman–Crippen LogP) is 2.27. The second-order valence-corrected chi connectivity index (χ2v) is 19.9. The van der Waals surface area contributed by atoms with Gasteiger partial charge >= 0.3 is 10.1 Å². The molecule has 0 fully saturated rings. The lowest BCUT2D eigenvalue weighted by Gasteiger charge is -2.17. The van der Waals surface area contributed by atoms with Crippen molar-refractivity contribution in [1.29, 1.82) is 0 Å². The highest BCUT2D eigenvalue weighted by molar-refractivity contribution is 8.13. The molecule has 0 saturated carbocycles. The fourth-order valence-corrected chi connectivity index (χ4v) is 10.3. The Morgan fingerprint density at radius 1 is 0.565 bits per heavy atom. The number of halogens is 3. The fourth-order valence-electron chi connectivity index (χ4n) is 8.54. The molecule has 0 saturated heterocycles. The van der Waals surface area contributed by atoms with Crippen molar-refractivity contribution in [2.45, 2.75) is 35.7 Å². The summed E-state index contributed by atoms with van der Waals surface area (Å²) in [4.78, 5) is 0.219. The molecule has 1 N–H and O–H groups in total. The molecule has 6 aromatic carbocycles. The van der Waals surface area contributed by atoms with E-state index in [4.69, 9.17) is 43.3 Å². The van der Waals surface area contributed by atoms with Crippen LogP contribution in [0.3, 0.4) is 0 Å². The lowest BCUT2D eigenvalue weighted by Crippen LogP contribution is -3.00. The first-order valence-electron chi connectivity index (χ1n) is 21.0. The van der Waals surface area contributed by atoms with E-state index in [0.29, 0.717) is 16.9 Å². The van der Waals surface area contributed by atoms with Gasteiger partial charge in [-0.1, -0.05) is 36.4 Å². The van der Waals surface area contributed by atoms with E-state index < -0.39 is 19.2 Å². The number of phenolic OH excluding ortho intramolecular Hbond substituents is 1. The fraction of sp³-hybridized carbons (Fsp3) is 0.160. The van der Waals surface area contributed by atoms with E-state index in [1.54, 1.807) is 55.6 Å². The zero-order chi connectivity index (χ0) is 46.5. The van der Waals surface area contributed by atoms with Crippen LogP contribution in [-0.4, -0.2) is 49.7 Å². The van der Waals surface area contributed by atoms with Gasteiger partial charge in [-0.2, -0.15) is 17.6 Å². The molecule has 0 unspecified atom stereocenters. The van der Waals surface area contributed by atoms with Crippen LogP contribution < -0.4 is 66.6 Å². The Morgan fingerprint density at radius 2 is 1.01 bits per heavy atom. The van der Waals surface area contributed by atoms with Crippen molar-refractivity contribution in [3.63, 3.8) is 0 Å². The number of hydrogen-bond donors (Lipinski definition) is 1. The minimum atomic E-state index is -4.03. The van der Waals surface area contributed by atoms with Gasteiger partial charge in [0.05, 0.1) is 41.0 Å². The highest BCUT2D eigenvalue weighted by Crippen LogP contribution is 2.44. The zero-order valence-electron chi connectivity index (χ0n) is 36.7. The first-order chi connectivity index (χ1) is 32.4. The maximum absolute atomic E-state index is 13.0. The molecule has 14 nitrogen and oxygen atoms in total. The summed E-state index contributed by atoms with van der Waals surface area (Å²) in [6.45, 7) is 2.10. The number of aromatic hydroxyl groups is 1. The third-order valence-electron chi connectivity index (χ3n) is 11.9. The molecule has 0 atom stereocenters. The Morgan fingerprint density at radius 3 is 1.49 bits per heavy atom. The van der Waals surface area contributed by atoms with Crippen LogP contribution in [-0.2, 0) is 45.1 Å². The van der Waals surface area contributed by atoms with Crippen LogP contribution >= 0.6 is 10.7 Å². The summed E-state index contributed by atoms with van der Waals surface area (Å²) in [5.41, 5.74) is 6.81. The molecule has 4 aliphatic heterocycles. The van der Waals surface area contributed by atoms with Gasteiger partial charge in [0.25, 0.3) is 9.05 Å². The molecule has 0 amide bonds. The van der Waals surface area contributed by atoms with Gasteiger partial charge in [0.2, 0.25) is 25.0 Å². The number of nitrogens with zero attached hydrogens (tertiary/aromatic N) is 2. The number of hydrogen-bond acceptors (Lipinski definition) is 12. The molecule has 0 bridgehead atoms. The van der Waals surface area contributed by atoms with E-state index in [2.05, 4.69) is 27.3 Å². The number of aromatic nitrogens is 2. The van der Waals surface area contributed by atoms with Gasteiger partial charge in [-0.3, -0.25) is 0 Å². The zero-order valence-corrected chi connectivity index (χ0v) is 40.6. The van der Waals surface area contributed by atoms with Crippen molar-refractivity contribution in [1.82, 2.24) is 0 Å². The number of pyridine rings is 2. The Kier molecular flexibility index (Phi) is 13.9. The number of benzene rings is 6. The summed E-state index contributed by atoms with van der Waals surface area (Å²) in [5.74, 6) is 4.31. The number of rotatable bonds is 6. The lowest BCUT2D eigenvalue weighted by molar-refractivity contribution is -0.686. The van der Waals surface area contributed by atoms with E-state index in [0.717, 1.165) is 87.6 Å². The van der Waals surface area contributed by atoms with Crippen molar-refractivity contribution < 1.29 is 88.5 Å². The molecule has 356 valence electrons. The smallest absolute Gasteiger partial charge is 0.339 e. The molecule has 8 aromatic rings. The summed E-state index contributed by atoms with van der Waals surface area (Å²) in [7, 11) is 0.521. The van der Waals surface area contributed by atoms with Crippen molar-refractivity contribution in [3.05, 3.63) is 145 Å². The molecule has 4 aliphatic rings. The Labute approximate surface area is 414 Å². The lowest BCUT2D eigenvalue weighted by atomic mass is 9.95. The molecule has 6 heterocycles. The quantitative estimate of drug-likeness (QED) is 0.147. The van der Waals surface area contributed by atoms with E-state index in [9.17, 15) is 21.9 Å². The molecule has 12 rings (SSSR count). The first kappa shape index (κ1) is 48.8. The van der Waals surface area contributed by atoms with Gasteiger partial charge in [-0.25, -0.2) is 8.42 Å². The van der Waals surface area contributed by atoms with Crippen molar-refractivity contribution >= 4 is 51.4 Å². The Hall–Kier alpha value is -6.69. The Bertz CT molecular complexity index is 3500. The van der Waals surface area contributed by atoms with Crippen LogP contribution in [0.1, 0.15) is 11.1 Å². The third-order valence-corrected chi connectivity index (χ3v) is 14.5. The highest BCUT2D eigenvalue weighted by Gasteiger charge is 2.31. The van der Waals surface area contributed by atoms with Crippen molar-refractivity contribution in [3.8, 4) is 68.5 Å². The summed E-state index contributed by atoms with van der Waals surface area (Å²) in [6.07, 6.45) is 5.66. The van der Waals surface area contributed by atoms with Crippen LogP contribution in [0.4, 0.5) is 0 Å². The monoisotopic (exact) mass is 1030 g/mol. The first-order valence-corrected chi connectivity index (χ1v) is 24.7. The van der Waals surface area contributed by atoms with E-state index >= 15 is 0 Å². The molecular formula is C50H41Cl3N2O12S2. The SMILES string of the molecule is COc1ccc2cc3[n+](cc2c1O)CCc1cc2c(cc1-3)OCO2.COc1ccc2cc3[n+](cc2c1OS(=O)(=O)c1ccccc1)CCc1cc2c(cc1-3)OCO2.O=S(=O)(Cl)c1ccccc1.[Cl-].[Cl-]. The maximum atomic E-state index is 13.0. The Balaban J connectivity index is 0.000000156. The second-order valence-electron chi connectivity index (χ2n) is 15.7. The van der Waals surface area contributed by atoms with Crippen molar-refractivity contribution in [2.24, 2.45) is 0 Å². The number of ether oxygens (including phenoxy) is 6. The predicted molar refractivity (Wildman–Crippen MR) is 247 cm³/mol. The largest absolute Gasteiger partial charge is 1.00 e. The highest BCUT2D eigenvalue weighted by atomic mass is 35.7. The number of phenols is 1. The summed E-state index contributed by atoms with van der Waals surface area (Å²) < 4.78 is 89.8. The van der Waals surface area contributed by atoms with Crippen molar-refractivity contribution in [2.75, 3.05) is 27.8 Å². The molecule has 0 spiro atoms. The maximum Gasteiger partial charge on any atom is 0.339 e. The molecule has 0 aliphatic carbocycles. The molecule has 69 heavy (non-hydrogen) atoms. The van der Waals surface area contributed by atoms with E-state index in [-0.39, 0.29) is 59.7 Å². The number of methoxy groups -OCH3 is 2. The van der Waals surface area contributed by atoms with Gasteiger partial charge in [0, 0.05) is 35.7 Å². The minimum Gasteiger partial charge on any atom is -1.00 e. The summed E-state index contributed by atoms with van der Waals surface area (Å²) in [6, 6.07) is 35.7.